The summed E-state index contributed by atoms with van der Waals surface area (Å²) in [6.07, 6.45) is 6.39. The Morgan fingerprint density at radius 1 is 0.974 bits per heavy atom. The van der Waals surface area contributed by atoms with Crippen LogP contribution in [0.1, 0.15) is 18.5 Å². The van der Waals surface area contributed by atoms with E-state index in [4.69, 9.17) is 5.14 Å². The predicted octanol–water partition coefficient (Wildman–Crippen LogP) is 3.37. The van der Waals surface area contributed by atoms with Gasteiger partial charge in [0.1, 0.15) is 11.6 Å². The van der Waals surface area contributed by atoms with Gasteiger partial charge in [-0.2, -0.15) is 5.10 Å². The summed E-state index contributed by atoms with van der Waals surface area (Å²) in [4.78, 5) is 13.0. The van der Waals surface area contributed by atoms with E-state index in [0.717, 1.165) is 5.56 Å². The Morgan fingerprint density at radius 3 is 2.44 bits per heavy atom. The molecule has 6 rings (SSSR count). The van der Waals surface area contributed by atoms with E-state index >= 15 is 8.78 Å². The molecule has 196 valence electrons. The third-order valence-corrected chi connectivity index (χ3v) is 7.33. The first-order valence-electron chi connectivity index (χ1n) is 11.6. The fraction of sp³-hybridized carbons (Fsp3) is 0.120. The van der Waals surface area contributed by atoms with E-state index in [2.05, 4.69) is 30.4 Å². The van der Waals surface area contributed by atoms with Gasteiger partial charge in [-0.05, 0) is 25.1 Å². The highest BCUT2D eigenvalue weighted by Crippen LogP contribution is 2.32. The van der Waals surface area contributed by atoms with E-state index in [0.29, 0.717) is 16.8 Å². The van der Waals surface area contributed by atoms with Crippen LogP contribution in [0.25, 0.3) is 44.6 Å². The minimum absolute atomic E-state index is 0.0518. The summed E-state index contributed by atoms with van der Waals surface area (Å²) in [6.45, 7) is 1.58. The quantitative estimate of drug-likeness (QED) is 0.346. The first-order valence-corrected chi connectivity index (χ1v) is 13.1. The van der Waals surface area contributed by atoms with Gasteiger partial charge < -0.3 is 0 Å². The van der Waals surface area contributed by atoms with E-state index in [1.807, 2.05) is 0 Å². The smallest absolute Gasteiger partial charge is 0.238 e. The first kappa shape index (κ1) is 24.6. The summed E-state index contributed by atoms with van der Waals surface area (Å²) in [5, 5.41) is 17.5. The van der Waals surface area contributed by atoms with Crippen molar-refractivity contribution in [3.05, 3.63) is 78.4 Å². The van der Waals surface area contributed by atoms with Crippen molar-refractivity contribution >= 4 is 32.2 Å². The molecule has 0 saturated heterocycles. The number of primary sulfonamides is 1. The van der Waals surface area contributed by atoms with Gasteiger partial charge in [-0.1, -0.05) is 17.3 Å². The lowest BCUT2D eigenvalue weighted by Gasteiger charge is -2.16. The van der Waals surface area contributed by atoms with Crippen molar-refractivity contribution in [3.8, 4) is 22.4 Å². The minimum atomic E-state index is -3.86. The van der Waals surface area contributed by atoms with Crippen LogP contribution >= 0.6 is 0 Å². The van der Waals surface area contributed by atoms with Gasteiger partial charge in [0.2, 0.25) is 15.7 Å². The molecule has 0 aliphatic carbocycles. The summed E-state index contributed by atoms with van der Waals surface area (Å²) in [6, 6.07) is 7.60. The molecule has 0 bridgehead atoms. The second-order valence-electron chi connectivity index (χ2n) is 8.96. The van der Waals surface area contributed by atoms with Gasteiger partial charge in [0.15, 0.2) is 5.65 Å². The zero-order valence-corrected chi connectivity index (χ0v) is 21.3. The molecule has 11 nitrogen and oxygen atoms in total. The SMILES string of the molecule is CC(c1c(F)cc2ncc(-c3cnn(C)c3)cc2c1F)n1nnc2ncc(-c3ccc(S(N)(=O)=O)cc3)nc21. The Hall–Kier alpha value is -4.69. The maximum Gasteiger partial charge on any atom is 0.238 e. The van der Waals surface area contributed by atoms with Crippen molar-refractivity contribution in [1.82, 2.24) is 39.7 Å². The number of hydrogen-bond acceptors (Lipinski definition) is 8. The molecule has 14 heteroatoms. The number of benzene rings is 2. The van der Waals surface area contributed by atoms with E-state index in [-0.39, 0.29) is 32.7 Å². The molecular weight excluding hydrogens is 528 g/mol. The summed E-state index contributed by atoms with van der Waals surface area (Å²) >= 11 is 0. The van der Waals surface area contributed by atoms with E-state index in [9.17, 15) is 8.42 Å². The maximum atomic E-state index is 15.9. The van der Waals surface area contributed by atoms with Crippen molar-refractivity contribution in [3.63, 3.8) is 0 Å². The Bertz CT molecular complexity index is 2000. The van der Waals surface area contributed by atoms with Gasteiger partial charge in [0, 0.05) is 53.1 Å². The monoisotopic (exact) mass is 547 g/mol. The van der Waals surface area contributed by atoms with Crippen LogP contribution in [0.15, 0.2) is 66.1 Å². The third kappa shape index (κ3) is 4.28. The van der Waals surface area contributed by atoms with Gasteiger partial charge in [-0.3, -0.25) is 9.67 Å². The molecule has 4 aromatic heterocycles. The van der Waals surface area contributed by atoms with Crippen molar-refractivity contribution in [1.29, 1.82) is 0 Å². The van der Waals surface area contributed by atoms with Crippen LogP contribution in [0, 0.1) is 11.6 Å². The van der Waals surface area contributed by atoms with Crippen LogP contribution in [0.4, 0.5) is 8.78 Å². The molecule has 0 fully saturated rings. The Labute approximate surface area is 220 Å². The molecule has 0 amide bonds. The number of nitrogens with two attached hydrogens (primary N) is 1. The third-order valence-electron chi connectivity index (χ3n) is 6.40. The first-order chi connectivity index (χ1) is 18.6. The predicted molar refractivity (Wildman–Crippen MR) is 138 cm³/mol. The van der Waals surface area contributed by atoms with Crippen LogP contribution in [0.5, 0.6) is 0 Å². The fourth-order valence-electron chi connectivity index (χ4n) is 4.39. The maximum absolute atomic E-state index is 15.9. The topological polar surface area (TPSA) is 147 Å². The molecular formula is C25H19F2N9O2S. The number of halogens is 2. The molecule has 2 aromatic carbocycles. The van der Waals surface area contributed by atoms with Crippen LogP contribution in [-0.2, 0) is 17.1 Å². The van der Waals surface area contributed by atoms with Crippen LogP contribution < -0.4 is 5.14 Å². The lowest BCUT2D eigenvalue weighted by atomic mass is 10.0. The summed E-state index contributed by atoms with van der Waals surface area (Å²) in [5.41, 5.74) is 2.61. The van der Waals surface area contributed by atoms with Gasteiger partial charge in [0.25, 0.3) is 0 Å². The standard InChI is InChI=1S/C25H19F2N9O2S/c1-13(22-19(26)8-20-18(23(22)27)7-15(9-29-20)16-10-31-35(2)12-16)36-25-24(33-34-36)30-11-21(32-25)14-3-5-17(6-4-14)39(28,37)38/h3-13H,1-2H3,(H2,28,37,38). The summed E-state index contributed by atoms with van der Waals surface area (Å²) in [5.74, 6) is -1.57. The van der Waals surface area contributed by atoms with E-state index in [1.54, 1.807) is 43.3 Å². The highest BCUT2D eigenvalue weighted by atomic mass is 32.2. The number of aromatic nitrogens is 8. The Balaban J connectivity index is 1.43. The molecule has 0 aliphatic heterocycles. The zero-order valence-electron chi connectivity index (χ0n) is 20.5. The Kier molecular flexibility index (Phi) is 5.66. The van der Waals surface area contributed by atoms with Gasteiger partial charge in [-0.25, -0.2) is 37.0 Å². The normalized spacial score (nSPS) is 12.8. The highest BCUT2D eigenvalue weighted by molar-refractivity contribution is 7.89. The van der Waals surface area contributed by atoms with Crippen LogP contribution in [0.2, 0.25) is 0 Å². The highest BCUT2D eigenvalue weighted by Gasteiger charge is 2.25. The number of pyridine rings is 1. The number of aryl methyl sites for hydroxylation is 1. The second-order valence-corrected chi connectivity index (χ2v) is 10.5. The largest absolute Gasteiger partial charge is 0.275 e. The summed E-state index contributed by atoms with van der Waals surface area (Å²) < 4.78 is 57.2. The zero-order chi connectivity index (χ0) is 27.5. The number of sulfonamides is 1. The molecule has 2 N–H and O–H groups in total. The van der Waals surface area contributed by atoms with Crippen molar-refractivity contribution in [2.45, 2.75) is 17.9 Å². The lowest BCUT2D eigenvalue weighted by Crippen LogP contribution is -2.14. The number of fused-ring (bicyclic) bond motifs is 2. The lowest BCUT2D eigenvalue weighted by molar-refractivity contribution is 0.484. The van der Waals surface area contributed by atoms with Gasteiger partial charge in [0.05, 0.1) is 34.5 Å². The minimum Gasteiger partial charge on any atom is -0.275 e. The van der Waals surface area contributed by atoms with Crippen molar-refractivity contribution in [2.75, 3.05) is 0 Å². The average molecular weight is 548 g/mol. The number of hydrogen-bond donors (Lipinski definition) is 1. The molecule has 39 heavy (non-hydrogen) atoms. The van der Waals surface area contributed by atoms with Crippen molar-refractivity contribution < 1.29 is 17.2 Å². The Morgan fingerprint density at radius 2 is 1.74 bits per heavy atom. The molecule has 6 aromatic rings. The van der Waals surface area contributed by atoms with Crippen LogP contribution in [0.3, 0.4) is 0 Å². The molecule has 0 saturated carbocycles. The van der Waals surface area contributed by atoms with Crippen LogP contribution in [-0.4, -0.2) is 48.1 Å². The van der Waals surface area contributed by atoms with Crippen molar-refractivity contribution in [2.24, 2.45) is 12.2 Å². The molecule has 0 radical (unpaired) electrons. The molecule has 4 heterocycles. The summed E-state index contributed by atoms with van der Waals surface area (Å²) in [7, 11) is -2.09. The fourth-order valence-corrected chi connectivity index (χ4v) is 4.91. The van der Waals surface area contributed by atoms with E-state index < -0.39 is 27.7 Å². The average Bonchev–Trinajstić information content (AvgIpc) is 3.54. The molecule has 0 aliphatic rings. The molecule has 1 atom stereocenters. The number of nitrogens with zero attached hydrogens (tertiary/aromatic N) is 8. The molecule has 1 unspecified atom stereocenters. The van der Waals surface area contributed by atoms with E-state index in [1.165, 1.54) is 41.2 Å². The number of rotatable bonds is 5. The second kappa shape index (κ2) is 8.96. The molecule has 0 spiro atoms. The van der Waals surface area contributed by atoms with Gasteiger partial charge >= 0.3 is 0 Å². The van der Waals surface area contributed by atoms with Gasteiger partial charge in [-0.15, -0.1) is 5.10 Å².